The van der Waals surface area contributed by atoms with Gasteiger partial charge in [-0.3, -0.25) is 9.59 Å². The van der Waals surface area contributed by atoms with Gasteiger partial charge in [-0.05, 0) is 37.6 Å². The molecule has 152 valence electrons. The van der Waals surface area contributed by atoms with Crippen molar-refractivity contribution in [1.29, 1.82) is 0 Å². The lowest BCUT2D eigenvalue weighted by atomic mass is 10.3. The van der Waals surface area contributed by atoms with Crippen LogP contribution >= 0.6 is 11.3 Å². The second-order valence-corrected chi connectivity index (χ2v) is 7.34. The molecule has 2 aromatic heterocycles. The number of thiazole rings is 1. The number of aromatic nitrogens is 1. The summed E-state index contributed by atoms with van der Waals surface area (Å²) in [6.45, 7) is 3.51. The van der Waals surface area contributed by atoms with Crippen molar-refractivity contribution in [1.82, 2.24) is 15.6 Å². The van der Waals surface area contributed by atoms with E-state index in [2.05, 4.69) is 15.6 Å². The molecule has 2 heterocycles. The van der Waals surface area contributed by atoms with E-state index >= 15 is 0 Å². The predicted octanol–water partition coefficient (Wildman–Crippen LogP) is 2.74. The SMILES string of the molecule is CCCNC(=O)[C@@H](C)NC(=O)COC(=O)c1ccc(-c2nc3ccccc3s2)o1. The molecule has 0 aliphatic carbocycles. The first-order chi connectivity index (χ1) is 14.0. The molecule has 9 heteroatoms. The number of ether oxygens (including phenoxy) is 1. The topological polar surface area (TPSA) is 111 Å². The molecular weight excluding hydrogens is 394 g/mol. The summed E-state index contributed by atoms with van der Waals surface area (Å²) in [7, 11) is 0. The number of hydrogen-bond acceptors (Lipinski definition) is 7. The van der Waals surface area contributed by atoms with Gasteiger partial charge in [0.2, 0.25) is 11.7 Å². The summed E-state index contributed by atoms with van der Waals surface area (Å²) in [6, 6.07) is 10.1. The first-order valence-electron chi connectivity index (χ1n) is 9.18. The largest absolute Gasteiger partial charge is 0.450 e. The summed E-state index contributed by atoms with van der Waals surface area (Å²) < 4.78 is 11.5. The first-order valence-corrected chi connectivity index (χ1v) is 9.99. The number of carbonyl (C=O) groups excluding carboxylic acids is 3. The number of carbonyl (C=O) groups is 3. The average molecular weight is 415 g/mol. The second kappa shape index (κ2) is 9.33. The Hall–Kier alpha value is -3.20. The van der Waals surface area contributed by atoms with Crippen molar-refractivity contribution in [2.24, 2.45) is 0 Å². The molecule has 8 nitrogen and oxygen atoms in total. The van der Waals surface area contributed by atoms with Crippen LogP contribution in [0.3, 0.4) is 0 Å². The molecule has 2 N–H and O–H groups in total. The van der Waals surface area contributed by atoms with Crippen molar-refractivity contribution in [2.45, 2.75) is 26.3 Å². The molecule has 0 saturated heterocycles. The number of rotatable bonds is 8. The number of nitrogens with zero attached hydrogens (tertiary/aromatic N) is 1. The number of fused-ring (bicyclic) bond motifs is 1. The van der Waals surface area contributed by atoms with Crippen LogP contribution < -0.4 is 10.6 Å². The van der Waals surface area contributed by atoms with E-state index in [-0.39, 0.29) is 11.7 Å². The van der Waals surface area contributed by atoms with Gasteiger partial charge >= 0.3 is 5.97 Å². The third kappa shape index (κ3) is 5.20. The fourth-order valence-corrected chi connectivity index (χ4v) is 3.42. The third-order valence-electron chi connectivity index (χ3n) is 3.97. The fraction of sp³-hybridized carbons (Fsp3) is 0.300. The fourth-order valence-electron chi connectivity index (χ4n) is 2.49. The van der Waals surface area contributed by atoms with E-state index in [1.54, 1.807) is 13.0 Å². The molecular formula is C20H21N3O5S. The highest BCUT2D eigenvalue weighted by Crippen LogP contribution is 2.31. The number of nitrogens with one attached hydrogen (secondary N) is 2. The molecule has 2 amide bonds. The van der Waals surface area contributed by atoms with Crippen molar-refractivity contribution >= 4 is 39.3 Å². The predicted molar refractivity (Wildman–Crippen MR) is 109 cm³/mol. The minimum Gasteiger partial charge on any atom is -0.450 e. The molecule has 0 radical (unpaired) electrons. The zero-order chi connectivity index (χ0) is 20.8. The molecule has 0 fully saturated rings. The van der Waals surface area contributed by atoms with Gasteiger partial charge in [0, 0.05) is 6.54 Å². The van der Waals surface area contributed by atoms with E-state index in [0.29, 0.717) is 17.3 Å². The maximum atomic E-state index is 12.1. The molecule has 0 aliphatic rings. The highest BCUT2D eigenvalue weighted by molar-refractivity contribution is 7.21. The standard InChI is InChI=1S/C20H21N3O5S/c1-3-10-21-18(25)12(2)22-17(24)11-27-20(26)15-9-8-14(28-15)19-23-13-6-4-5-7-16(13)29-19/h4-9,12H,3,10-11H2,1-2H3,(H,21,25)(H,22,24)/t12-/m1/s1. The van der Waals surface area contributed by atoms with Crippen LogP contribution in [-0.2, 0) is 14.3 Å². The maximum Gasteiger partial charge on any atom is 0.374 e. The summed E-state index contributed by atoms with van der Waals surface area (Å²) in [6.07, 6.45) is 0.798. The van der Waals surface area contributed by atoms with Crippen molar-refractivity contribution in [3.8, 4) is 10.8 Å². The number of furan rings is 1. The van der Waals surface area contributed by atoms with Gasteiger partial charge in [-0.25, -0.2) is 9.78 Å². The van der Waals surface area contributed by atoms with Crippen LogP contribution in [-0.4, -0.2) is 42.0 Å². The Morgan fingerprint density at radius 2 is 2.00 bits per heavy atom. The van der Waals surface area contributed by atoms with Crippen LogP contribution in [0.5, 0.6) is 0 Å². The van der Waals surface area contributed by atoms with E-state index in [9.17, 15) is 14.4 Å². The van der Waals surface area contributed by atoms with Gasteiger partial charge in [0.05, 0.1) is 10.2 Å². The van der Waals surface area contributed by atoms with Gasteiger partial charge in [-0.15, -0.1) is 11.3 Å². The van der Waals surface area contributed by atoms with Crippen molar-refractivity contribution in [3.63, 3.8) is 0 Å². The van der Waals surface area contributed by atoms with E-state index in [1.807, 2.05) is 31.2 Å². The minimum atomic E-state index is -0.768. The summed E-state index contributed by atoms with van der Waals surface area (Å²) >= 11 is 1.45. The van der Waals surface area contributed by atoms with Gasteiger partial charge < -0.3 is 19.8 Å². The Kier molecular flexibility index (Phi) is 6.61. The molecule has 0 bridgehead atoms. The zero-order valence-electron chi connectivity index (χ0n) is 16.1. The molecule has 0 spiro atoms. The van der Waals surface area contributed by atoms with Crippen molar-refractivity contribution in [2.75, 3.05) is 13.2 Å². The Morgan fingerprint density at radius 3 is 2.76 bits per heavy atom. The molecule has 1 aromatic carbocycles. The minimum absolute atomic E-state index is 0.0270. The molecule has 0 unspecified atom stereocenters. The van der Waals surface area contributed by atoms with E-state index in [0.717, 1.165) is 16.6 Å². The summed E-state index contributed by atoms with van der Waals surface area (Å²) in [5, 5.41) is 5.80. The van der Waals surface area contributed by atoms with Gasteiger partial charge in [-0.1, -0.05) is 19.1 Å². The maximum absolute atomic E-state index is 12.1. The monoisotopic (exact) mass is 415 g/mol. The lowest BCUT2D eigenvalue weighted by Crippen LogP contribution is -2.46. The smallest absolute Gasteiger partial charge is 0.374 e. The first kappa shape index (κ1) is 20.5. The molecule has 29 heavy (non-hydrogen) atoms. The Labute approximate surface area is 171 Å². The van der Waals surface area contributed by atoms with Crippen LogP contribution in [0.1, 0.15) is 30.8 Å². The highest BCUT2D eigenvalue weighted by Gasteiger charge is 2.19. The second-order valence-electron chi connectivity index (χ2n) is 6.31. The number of amides is 2. The van der Waals surface area contributed by atoms with Gasteiger partial charge in [0.15, 0.2) is 17.4 Å². The normalized spacial score (nSPS) is 11.8. The summed E-state index contributed by atoms with van der Waals surface area (Å²) in [5.41, 5.74) is 0.849. The lowest BCUT2D eigenvalue weighted by molar-refractivity contribution is -0.130. The van der Waals surface area contributed by atoms with Crippen LogP contribution in [0.4, 0.5) is 0 Å². The van der Waals surface area contributed by atoms with E-state index in [1.165, 1.54) is 17.4 Å². The zero-order valence-corrected chi connectivity index (χ0v) is 16.9. The van der Waals surface area contributed by atoms with Crippen molar-refractivity contribution < 1.29 is 23.5 Å². The van der Waals surface area contributed by atoms with Gasteiger partial charge in [0.25, 0.3) is 5.91 Å². The molecule has 0 saturated carbocycles. The number of benzene rings is 1. The Morgan fingerprint density at radius 1 is 1.21 bits per heavy atom. The molecule has 3 rings (SSSR count). The van der Waals surface area contributed by atoms with Crippen LogP contribution in [0.15, 0.2) is 40.8 Å². The summed E-state index contributed by atoms with van der Waals surface area (Å²) in [5.74, 6) is -1.21. The van der Waals surface area contributed by atoms with Gasteiger partial charge in [-0.2, -0.15) is 0 Å². The molecule has 0 aliphatic heterocycles. The molecule has 3 aromatic rings. The van der Waals surface area contributed by atoms with Crippen LogP contribution in [0, 0.1) is 0 Å². The molecule has 1 atom stereocenters. The number of esters is 1. The van der Waals surface area contributed by atoms with Gasteiger partial charge in [0.1, 0.15) is 6.04 Å². The third-order valence-corrected chi connectivity index (χ3v) is 5.02. The highest BCUT2D eigenvalue weighted by atomic mass is 32.1. The number of para-hydroxylation sites is 1. The van der Waals surface area contributed by atoms with Crippen LogP contribution in [0.25, 0.3) is 21.0 Å². The van der Waals surface area contributed by atoms with Crippen LogP contribution in [0.2, 0.25) is 0 Å². The summed E-state index contributed by atoms with van der Waals surface area (Å²) in [4.78, 5) is 40.2. The Balaban J connectivity index is 1.53. The van der Waals surface area contributed by atoms with E-state index < -0.39 is 24.5 Å². The van der Waals surface area contributed by atoms with E-state index in [4.69, 9.17) is 9.15 Å². The Bertz CT molecular complexity index is 993. The van der Waals surface area contributed by atoms with Crippen molar-refractivity contribution in [3.05, 3.63) is 42.2 Å². The average Bonchev–Trinajstić information content (AvgIpc) is 3.36. The number of hydrogen-bond donors (Lipinski definition) is 2. The lowest BCUT2D eigenvalue weighted by Gasteiger charge is -2.13. The quantitative estimate of drug-likeness (QED) is 0.548.